The number of aromatic nitrogens is 1. The van der Waals surface area contributed by atoms with Crippen molar-refractivity contribution in [2.45, 2.75) is 19.4 Å². The molecule has 0 aromatic carbocycles. The first-order chi connectivity index (χ1) is 7.45. The number of pyridine rings is 1. The highest BCUT2D eigenvalue weighted by molar-refractivity contribution is 5.70. The number of aliphatic carboxylic acids is 1. The topological polar surface area (TPSA) is 96.4 Å². The van der Waals surface area contributed by atoms with Gasteiger partial charge < -0.3 is 15.9 Å². The Kier molecular flexibility index (Phi) is 3.73. The predicted molar refractivity (Wildman–Crippen MR) is 50.1 cm³/mol. The molecule has 7 heteroatoms. The van der Waals surface area contributed by atoms with Crippen LogP contribution in [0.1, 0.15) is 23.4 Å². The average Bonchev–Trinajstić information content (AvgIpc) is 2.19. The van der Waals surface area contributed by atoms with Gasteiger partial charge in [0.15, 0.2) is 0 Å². The number of hydrogen-bond acceptors (Lipinski definition) is 4. The number of nitrogens with zero attached hydrogens (tertiary/aromatic N) is 1. The predicted octanol–water partition coefficient (Wildman–Crippen LogP) is 0.811. The number of hydrogen-bond donors (Lipinski definition) is 3. The number of rotatable bonds is 4. The summed E-state index contributed by atoms with van der Waals surface area (Å²) in [4.78, 5) is 14.1. The van der Waals surface area contributed by atoms with Crippen molar-refractivity contribution in [3.05, 3.63) is 23.0 Å². The number of carboxylic acid groups (broad SMARTS) is 1. The molecule has 4 N–H and O–H groups in total. The fourth-order valence-electron chi connectivity index (χ4n) is 1.21. The van der Waals surface area contributed by atoms with E-state index in [1.165, 1.54) is 0 Å². The summed E-state index contributed by atoms with van der Waals surface area (Å²) >= 11 is 0. The second-order valence-electron chi connectivity index (χ2n) is 3.07. The summed E-state index contributed by atoms with van der Waals surface area (Å²) in [5.74, 6) is -2.05. The van der Waals surface area contributed by atoms with Gasteiger partial charge in [-0.15, -0.1) is 0 Å². The summed E-state index contributed by atoms with van der Waals surface area (Å²) in [6.45, 7) is -0.105. The molecule has 0 saturated heterocycles. The van der Waals surface area contributed by atoms with Crippen molar-refractivity contribution in [1.82, 2.24) is 4.98 Å². The molecule has 0 bridgehead atoms. The zero-order valence-electron chi connectivity index (χ0n) is 8.15. The number of carbonyl (C=O) groups is 1. The van der Waals surface area contributed by atoms with E-state index < -0.39 is 30.1 Å². The van der Waals surface area contributed by atoms with Crippen LogP contribution < -0.4 is 5.73 Å². The van der Waals surface area contributed by atoms with Crippen molar-refractivity contribution in [3.63, 3.8) is 0 Å². The summed E-state index contributed by atoms with van der Waals surface area (Å²) in [5, 5.41) is 17.9. The summed E-state index contributed by atoms with van der Waals surface area (Å²) < 4.78 is 25.0. The molecule has 0 fully saturated rings. The van der Waals surface area contributed by atoms with Gasteiger partial charge in [0, 0.05) is 6.54 Å². The second-order valence-corrected chi connectivity index (χ2v) is 3.07. The molecule has 1 heterocycles. The summed E-state index contributed by atoms with van der Waals surface area (Å²) in [6.07, 6.45) is -3.53. The fourth-order valence-corrected chi connectivity index (χ4v) is 1.21. The summed E-state index contributed by atoms with van der Waals surface area (Å²) in [6, 6.07) is 0.964. The van der Waals surface area contributed by atoms with Gasteiger partial charge in [-0.3, -0.25) is 9.78 Å². The van der Waals surface area contributed by atoms with E-state index in [1.54, 1.807) is 0 Å². The molecule has 0 atom stereocenters. The second kappa shape index (κ2) is 4.84. The lowest BCUT2D eigenvalue weighted by atomic mass is 10.1. The number of alkyl halides is 2. The van der Waals surface area contributed by atoms with E-state index in [1.807, 2.05) is 0 Å². The Hall–Kier alpha value is -1.76. The van der Waals surface area contributed by atoms with Crippen molar-refractivity contribution in [3.8, 4) is 5.75 Å². The van der Waals surface area contributed by atoms with Crippen LogP contribution >= 0.6 is 0 Å². The molecule has 0 amide bonds. The van der Waals surface area contributed by atoms with Gasteiger partial charge in [-0.25, -0.2) is 8.78 Å². The largest absolute Gasteiger partial charge is 0.506 e. The maximum Gasteiger partial charge on any atom is 0.309 e. The van der Waals surface area contributed by atoms with Crippen molar-refractivity contribution >= 4 is 5.97 Å². The molecule has 1 aromatic heterocycles. The van der Waals surface area contributed by atoms with Gasteiger partial charge in [0.1, 0.15) is 5.75 Å². The number of halogens is 2. The van der Waals surface area contributed by atoms with Gasteiger partial charge in [0.05, 0.1) is 23.4 Å². The van der Waals surface area contributed by atoms with E-state index in [9.17, 15) is 18.7 Å². The maximum atomic E-state index is 12.5. The van der Waals surface area contributed by atoms with Crippen LogP contribution in [0.3, 0.4) is 0 Å². The summed E-state index contributed by atoms with van der Waals surface area (Å²) in [7, 11) is 0. The lowest BCUT2D eigenvalue weighted by molar-refractivity contribution is -0.136. The molecule has 0 aliphatic heterocycles. The van der Waals surface area contributed by atoms with Crippen LogP contribution in [0.15, 0.2) is 6.07 Å². The van der Waals surface area contributed by atoms with Crippen LogP contribution in [0.25, 0.3) is 0 Å². The quantitative estimate of drug-likeness (QED) is 0.713. The summed E-state index contributed by atoms with van der Waals surface area (Å²) in [5.41, 5.74) is 4.40. The third-order valence-electron chi connectivity index (χ3n) is 1.91. The first kappa shape index (κ1) is 12.3. The Morgan fingerprint density at radius 3 is 2.62 bits per heavy atom. The minimum absolute atomic E-state index is 0.105. The molecule has 5 nitrogen and oxygen atoms in total. The van der Waals surface area contributed by atoms with Gasteiger partial charge >= 0.3 is 5.97 Å². The Bertz CT molecular complexity index is 410. The minimum atomic E-state index is -2.90. The highest BCUT2D eigenvalue weighted by Crippen LogP contribution is 2.31. The van der Waals surface area contributed by atoms with Gasteiger partial charge in [-0.1, -0.05) is 0 Å². The number of carboxylic acids is 1. The highest BCUT2D eigenvalue weighted by Gasteiger charge is 2.19. The van der Waals surface area contributed by atoms with Crippen molar-refractivity contribution in [2.24, 2.45) is 5.73 Å². The van der Waals surface area contributed by atoms with Crippen LogP contribution in [0.5, 0.6) is 5.75 Å². The van der Waals surface area contributed by atoms with Gasteiger partial charge in [-0.2, -0.15) is 0 Å². The van der Waals surface area contributed by atoms with E-state index in [4.69, 9.17) is 10.8 Å². The van der Waals surface area contributed by atoms with Gasteiger partial charge in [-0.05, 0) is 6.07 Å². The third-order valence-corrected chi connectivity index (χ3v) is 1.91. The first-order valence-electron chi connectivity index (χ1n) is 4.37. The van der Waals surface area contributed by atoms with Crippen molar-refractivity contribution in [2.75, 3.05) is 0 Å². The minimum Gasteiger partial charge on any atom is -0.506 e. The van der Waals surface area contributed by atoms with E-state index in [0.717, 1.165) is 6.07 Å². The molecular formula is C9H10F2N2O3. The van der Waals surface area contributed by atoms with E-state index in [-0.39, 0.29) is 17.9 Å². The molecule has 16 heavy (non-hydrogen) atoms. The number of aromatic hydroxyl groups is 1. The monoisotopic (exact) mass is 232 g/mol. The highest BCUT2D eigenvalue weighted by atomic mass is 19.3. The van der Waals surface area contributed by atoms with E-state index in [2.05, 4.69) is 4.98 Å². The van der Waals surface area contributed by atoms with Crippen molar-refractivity contribution in [1.29, 1.82) is 0 Å². The average molecular weight is 232 g/mol. The molecule has 88 valence electrons. The normalized spacial score (nSPS) is 10.8. The number of nitrogens with two attached hydrogens (primary N) is 1. The van der Waals surface area contributed by atoms with Gasteiger partial charge in [0.2, 0.25) is 0 Å². The Balaban J connectivity index is 3.25. The zero-order valence-corrected chi connectivity index (χ0v) is 8.15. The smallest absolute Gasteiger partial charge is 0.309 e. The Morgan fingerprint density at radius 1 is 1.56 bits per heavy atom. The van der Waals surface area contributed by atoms with Crippen LogP contribution in [0, 0.1) is 0 Å². The van der Waals surface area contributed by atoms with Crippen molar-refractivity contribution < 1.29 is 23.8 Å². The molecule has 0 aliphatic rings. The molecular weight excluding hydrogens is 222 g/mol. The first-order valence-corrected chi connectivity index (χ1v) is 4.37. The molecule has 0 spiro atoms. The molecule has 1 aromatic rings. The fraction of sp³-hybridized carbons (Fsp3) is 0.333. The Morgan fingerprint density at radius 2 is 2.19 bits per heavy atom. The van der Waals surface area contributed by atoms with Crippen LogP contribution in [0.4, 0.5) is 8.78 Å². The maximum absolute atomic E-state index is 12.5. The van der Waals surface area contributed by atoms with Gasteiger partial charge in [0.25, 0.3) is 6.43 Å². The van der Waals surface area contributed by atoms with E-state index >= 15 is 0 Å². The van der Waals surface area contributed by atoms with E-state index in [0.29, 0.717) is 0 Å². The SMILES string of the molecule is NCc1cc(C(F)F)c(O)c(CC(=O)O)n1. The Labute approximate surface area is 89.5 Å². The molecule has 0 saturated carbocycles. The molecule has 0 radical (unpaired) electrons. The molecule has 0 unspecified atom stereocenters. The third kappa shape index (κ3) is 2.63. The lowest BCUT2D eigenvalue weighted by Crippen LogP contribution is -2.09. The van der Waals surface area contributed by atoms with Crippen LogP contribution in [-0.4, -0.2) is 21.2 Å². The molecule has 0 aliphatic carbocycles. The zero-order chi connectivity index (χ0) is 12.3. The van der Waals surface area contributed by atoms with Crippen LogP contribution in [-0.2, 0) is 17.8 Å². The van der Waals surface area contributed by atoms with Crippen LogP contribution in [0.2, 0.25) is 0 Å². The lowest BCUT2D eigenvalue weighted by Gasteiger charge is -2.09. The standard InChI is InChI=1S/C9H10F2N2O3/c10-9(11)5-1-4(3-12)13-6(8(5)16)2-7(14)15/h1,9,16H,2-3,12H2,(H,14,15). The molecule has 1 rings (SSSR count).